The number of hydrogen-bond donors (Lipinski definition) is 1. The monoisotopic (exact) mass is 427 g/mol. The first-order chi connectivity index (χ1) is 14.5. The van der Waals surface area contributed by atoms with Crippen LogP contribution < -0.4 is 5.43 Å². The average molecular weight is 428 g/mol. The van der Waals surface area contributed by atoms with E-state index in [1.54, 1.807) is 52.2 Å². The summed E-state index contributed by atoms with van der Waals surface area (Å²) in [6.07, 6.45) is 4.01. The molecule has 4 rings (SSSR count). The first-order valence-corrected chi connectivity index (χ1v) is 9.95. The summed E-state index contributed by atoms with van der Waals surface area (Å²) in [6.45, 7) is 1.20. The summed E-state index contributed by atoms with van der Waals surface area (Å²) in [7, 11) is 0. The topological polar surface area (TPSA) is 75.4 Å². The Hall–Kier alpha value is -3.19. The van der Waals surface area contributed by atoms with Crippen LogP contribution in [0, 0.1) is 5.82 Å². The van der Waals surface area contributed by atoms with Crippen molar-refractivity contribution in [1.29, 1.82) is 0 Å². The van der Waals surface area contributed by atoms with Gasteiger partial charge in [0.15, 0.2) is 11.4 Å². The van der Waals surface area contributed by atoms with Crippen molar-refractivity contribution >= 4 is 17.5 Å². The van der Waals surface area contributed by atoms with Gasteiger partial charge in [0.05, 0.1) is 11.3 Å². The summed E-state index contributed by atoms with van der Waals surface area (Å²) < 4.78 is 15.5. The molecule has 0 unspecified atom stereocenters. The molecule has 1 aliphatic heterocycles. The lowest BCUT2D eigenvalue weighted by Gasteiger charge is -2.30. The molecule has 0 atom stereocenters. The lowest BCUT2D eigenvalue weighted by Crippen LogP contribution is -2.42. The lowest BCUT2D eigenvalue weighted by molar-refractivity contribution is 0.0695. The molecule has 0 saturated heterocycles. The predicted molar refractivity (Wildman–Crippen MR) is 111 cm³/mol. The molecular weight excluding hydrogens is 409 g/mol. The molecule has 0 bridgehead atoms. The lowest BCUT2D eigenvalue weighted by atomic mass is 10.1. The summed E-state index contributed by atoms with van der Waals surface area (Å²) in [5.41, 5.74) is 0.434. The van der Waals surface area contributed by atoms with E-state index in [-0.39, 0.29) is 17.1 Å². The van der Waals surface area contributed by atoms with E-state index in [0.717, 1.165) is 0 Å². The molecule has 1 aromatic carbocycles. The largest absolute Gasteiger partial charge is 0.503 e. The fraction of sp³-hybridized carbons (Fsp3) is 0.227. The maximum atomic E-state index is 13.9. The Morgan fingerprint density at radius 1 is 1.13 bits per heavy atom. The van der Waals surface area contributed by atoms with Gasteiger partial charge in [0, 0.05) is 42.6 Å². The molecule has 0 spiro atoms. The van der Waals surface area contributed by atoms with Crippen LogP contribution in [0.2, 0.25) is 5.02 Å². The summed E-state index contributed by atoms with van der Waals surface area (Å²) in [5, 5.41) is 10.8. The second kappa shape index (κ2) is 8.28. The molecule has 0 radical (unpaired) electrons. The van der Waals surface area contributed by atoms with Gasteiger partial charge in [-0.25, -0.2) is 4.39 Å². The average Bonchev–Trinajstić information content (AvgIpc) is 2.74. The van der Waals surface area contributed by atoms with Crippen LogP contribution in [0.3, 0.4) is 0 Å². The second-order valence-corrected chi connectivity index (χ2v) is 7.48. The van der Waals surface area contributed by atoms with Crippen LogP contribution in [0.4, 0.5) is 4.39 Å². The van der Waals surface area contributed by atoms with Crippen LogP contribution in [0.15, 0.2) is 53.6 Å². The van der Waals surface area contributed by atoms with E-state index in [1.807, 2.05) is 0 Å². The Morgan fingerprint density at radius 3 is 2.70 bits per heavy atom. The fourth-order valence-corrected chi connectivity index (χ4v) is 3.92. The van der Waals surface area contributed by atoms with Gasteiger partial charge < -0.3 is 14.6 Å². The third kappa shape index (κ3) is 3.68. The number of aromatic hydroxyl groups is 1. The summed E-state index contributed by atoms with van der Waals surface area (Å²) in [5.74, 6) is -1.38. The van der Waals surface area contributed by atoms with Gasteiger partial charge in [0.1, 0.15) is 5.82 Å². The van der Waals surface area contributed by atoms with Gasteiger partial charge in [-0.1, -0.05) is 23.7 Å². The Morgan fingerprint density at radius 2 is 1.97 bits per heavy atom. The van der Waals surface area contributed by atoms with Crippen LogP contribution in [0.1, 0.15) is 22.5 Å². The number of pyridine rings is 2. The molecule has 0 saturated carbocycles. The van der Waals surface area contributed by atoms with E-state index < -0.39 is 17.1 Å². The van der Waals surface area contributed by atoms with Crippen molar-refractivity contribution in [3.05, 3.63) is 81.1 Å². The Labute approximate surface area is 177 Å². The van der Waals surface area contributed by atoms with Gasteiger partial charge >= 0.3 is 0 Å². The predicted octanol–water partition coefficient (Wildman–Crippen LogP) is 3.50. The fourth-order valence-electron chi connectivity index (χ4n) is 3.67. The first kappa shape index (κ1) is 20.1. The summed E-state index contributed by atoms with van der Waals surface area (Å²) in [4.78, 5) is 31.3. The van der Waals surface area contributed by atoms with E-state index in [2.05, 4.69) is 4.98 Å². The van der Waals surface area contributed by atoms with Gasteiger partial charge in [-0.05, 0) is 37.1 Å². The Kier molecular flexibility index (Phi) is 5.55. The molecular formula is C22H19ClFN3O3. The molecule has 6 nitrogen and oxygen atoms in total. The zero-order valence-electron chi connectivity index (χ0n) is 16.0. The SMILES string of the molecule is O=C1c2c(O)c(=O)c(-c3ccccn3)cn2CCN1CCCc1c(F)cccc1Cl. The molecule has 3 heterocycles. The van der Waals surface area contributed by atoms with E-state index in [4.69, 9.17) is 11.6 Å². The Bertz CT molecular complexity index is 1140. The number of halogens is 2. The molecule has 1 aliphatic rings. The minimum atomic E-state index is -0.631. The van der Waals surface area contributed by atoms with Crippen molar-refractivity contribution < 1.29 is 14.3 Å². The van der Waals surface area contributed by atoms with Crippen LogP contribution in [0.5, 0.6) is 5.75 Å². The number of benzene rings is 1. The van der Waals surface area contributed by atoms with Crippen molar-refractivity contribution in [2.24, 2.45) is 0 Å². The number of carbonyl (C=O) groups is 1. The van der Waals surface area contributed by atoms with Crippen molar-refractivity contribution in [1.82, 2.24) is 14.5 Å². The number of aromatic nitrogens is 2. The van der Waals surface area contributed by atoms with Gasteiger partial charge in [-0.15, -0.1) is 0 Å². The third-order valence-corrected chi connectivity index (χ3v) is 5.57. The van der Waals surface area contributed by atoms with Gasteiger partial charge in [0.25, 0.3) is 5.91 Å². The van der Waals surface area contributed by atoms with Crippen LogP contribution >= 0.6 is 11.6 Å². The molecule has 1 N–H and O–H groups in total. The van der Waals surface area contributed by atoms with Crippen molar-refractivity contribution in [3.8, 4) is 17.0 Å². The summed E-state index contributed by atoms with van der Waals surface area (Å²) >= 11 is 6.05. The quantitative estimate of drug-likeness (QED) is 0.676. The van der Waals surface area contributed by atoms with Crippen LogP contribution in [-0.4, -0.2) is 38.6 Å². The minimum absolute atomic E-state index is 0.0325. The highest BCUT2D eigenvalue weighted by atomic mass is 35.5. The highest BCUT2D eigenvalue weighted by Gasteiger charge is 2.29. The number of rotatable bonds is 5. The van der Waals surface area contributed by atoms with Crippen molar-refractivity contribution in [2.45, 2.75) is 19.4 Å². The van der Waals surface area contributed by atoms with Crippen LogP contribution in [-0.2, 0) is 13.0 Å². The van der Waals surface area contributed by atoms with Crippen molar-refractivity contribution in [2.75, 3.05) is 13.1 Å². The van der Waals surface area contributed by atoms with E-state index in [1.165, 1.54) is 6.07 Å². The third-order valence-electron chi connectivity index (χ3n) is 5.21. The molecule has 154 valence electrons. The zero-order chi connectivity index (χ0) is 21.3. The normalized spacial score (nSPS) is 13.4. The second-order valence-electron chi connectivity index (χ2n) is 7.07. The molecule has 0 fully saturated rings. The maximum absolute atomic E-state index is 13.9. The number of amides is 1. The number of nitrogens with zero attached hydrogens (tertiary/aromatic N) is 3. The van der Waals surface area contributed by atoms with Gasteiger partial charge in [-0.3, -0.25) is 14.6 Å². The van der Waals surface area contributed by atoms with Crippen molar-refractivity contribution in [3.63, 3.8) is 0 Å². The van der Waals surface area contributed by atoms with E-state index >= 15 is 0 Å². The number of hydrogen-bond acceptors (Lipinski definition) is 4. The maximum Gasteiger partial charge on any atom is 0.274 e. The standard InChI is InChI=1S/C22H19ClFN3O3/c23-16-6-3-7-17(24)14(16)5-4-10-26-11-12-27-13-15(18-8-1-2-9-25-18)20(28)21(29)19(27)22(26)30/h1-3,6-9,13,29H,4-5,10-12H2. The van der Waals surface area contributed by atoms with Crippen LogP contribution in [0.25, 0.3) is 11.3 Å². The zero-order valence-corrected chi connectivity index (χ0v) is 16.8. The van der Waals surface area contributed by atoms with E-state index in [9.17, 15) is 19.1 Å². The van der Waals surface area contributed by atoms with Gasteiger partial charge in [0.2, 0.25) is 5.43 Å². The summed E-state index contributed by atoms with van der Waals surface area (Å²) in [6, 6.07) is 9.69. The number of fused-ring (bicyclic) bond motifs is 1. The minimum Gasteiger partial charge on any atom is -0.503 e. The molecule has 3 aromatic rings. The highest BCUT2D eigenvalue weighted by Crippen LogP contribution is 2.25. The van der Waals surface area contributed by atoms with E-state index in [0.29, 0.717) is 48.8 Å². The Balaban J connectivity index is 1.54. The molecule has 0 aliphatic carbocycles. The highest BCUT2D eigenvalue weighted by molar-refractivity contribution is 6.31. The molecule has 30 heavy (non-hydrogen) atoms. The molecule has 8 heteroatoms. The first-order valence-electron chi connectivity index (χ1n) is 9.57. The smallest absolute Gasteiger partial charge is 0.274 e. The molecule has 1 amide bonds. The van der Waals surface area contributed by atoms with Gasteiger partial charge in [-0.2, -0.15) is 0 Å². The molecule has 2 aromatic heterocycles. The number of carbonyl (C=O) groups excluding carboxylic acids is 1.